The molecule has 0 radical (unpaired) electrons. The van der Waals surface area contributed by atoms with E-state index in [1.165, 1.54) is 0 Å². The Labute approximate surface area is 90.2 Å². The van der Waals surface area contributed by atoms with E-state index in [1.807, 2.05) is 44.2 Å². The molecule has 2 N–H and O–H groups in total. The van der Waals surface area contributed by atoms with Crippen molar-refractivity contribution in [3.05, 3.63) is 47.7 Å². The Morgan fingerprint density at radius 3 is 2.53 bits per heavy atom. The smallest absolute Gasteiger partial charge is 0.319 e. The number of carbonyl (C=O) groups excluding carboxylic acids is 1. The van der Waals surface area contributed by atoms with Crippen LogP contribution in [0.15, 0.2) is 42.1 Å². The van der Waals surface area contributed by atoms with Crippen molar-refractivity contribution in [2.24, 2.45) is 0 Å². The number of rotatable bonds is 3. The Morgan fingerprint density at radius 1 is 1.27 bits per heavy atom. The van der Waals surface area contributed by atoms with Gasteiger partial charge in [0.1, 0.15) is 0 Å². The Hall–Kier alpha value is -1.77. The Bertz CT molecular complexity index is 340. The molecular weight excluding hydrogens is 188 g/mol. The molecule has 0 heterocycles. The first-order chi connectivity index (χ1) is 7.18. The Balaban J connectivity index is 2.32. The minimum Gasteiger partial charge on any atom is -0.334 e. The summed E-state index contributed by atoms with van der Waals surface area (Å²) in [6, 6.07) is 9.62. The first-order valence-electron chi connectivity index (χ1n) is 4.90. The number of benzene rings is 1. The number of carbonyl (C=O) groups is 1. The molecule has 0 aromatic heterocycles. The summed E-state index contributed by atoms with van der Waals surface area (Å²) in [6.45, 7) is 4.40. The summed E-state index contributed by atoms with van der Waals surface area (Å²) >= 11 is 0. The number of urea groups is 1. The fourth-order valence-corrected chi connectivity index (χ4v) is 1.04. The lowest BCUT2D eigenvalue weighted by Gasteiger charge is -2.04. The van der Waals surface area contributed by atoms with Crippen LogP contribution in [0.4, 0.5) is 4.79 Å². The largest absolute Gasteiger partial charge is 0.334 e. The zero-order valence-corrected chi connectivity index (χ0v) is 9.08. The molecule has 0 unspecified atom stereocenters. The number of allylic oxidation sites excluding steroid dienone is 1. The van der Waals surface area contributed by atoms with E-state index < -0.39 is 0 Å². The first-order valence-corrected chi connectivity index (χ1v) is 4.90. The van der Waals surface area contributed by atoms with E-state index >= 15 is 0 Å². The van der Waals surface area contributed by atoms with Gasteiger partial charge in [-0.1, -0.05) is 35.9 Å². The van der Waals surface area contributed by atoms with Crippen LogP contribution in [0, 0.1) is 0 Å². The van der Waals surface area contributed by atoms with Gasteiger partial charge in [0.05, 0.1) is 0 Å². The lowest BCUT2D eigenvalue weighted by molar-refractivity contribution is 0.243. The van der Waals surface area contributed by atoms with Gasteiger partial charge in [-0.2, -0.15) is 0 Å². The van der Waals surface area contributed by atoms with Gasteiger partial charge in [0.25, 0.3) is 0 Å². The van der Waals surface area contributed by atoms with E-state index in [1.54, 1.807) is 6.20 Å². The predicted octanol–water partition coefficient (Wildman–Crippen LogP) is 2.41. The molecule has 1 aromatic carbocycles. The molecule has 0 fully saturated rings. The number of nitrogens with one attached hydrogen (secondary N) is 2. The monoisotopic (exact) mass is 204 g/mol. The highest BCUT2D eigenvalue weighted by Crippen LogP contribution is 1.96. The van der Waals surface area contributed by atoms with Crippen molar-refractivity contribution in [2.75, 3.05) is 0 Å². The molecule has 0 aliphatic rings. The van der Waals surface area contributed by atoms with Gasteiger partial charge in [-0.15, -0.1) is 0 Å². The van der Waals surface area contributed by atoms with Crippen molar-refractivity contribution in [3.8, 4) is 0 Å². The summed E-state index contributed by atoms with van der Waals surface area (Å²) in [4.78, 5) is 11.3. The van der Waals surface area contributed by atoms with Crippen molar-refractivity contribution < 1.29 is 4.79 Å². The van der Waals surface area contributed by atoms with Crippen molar-refractivity contribution in [2.45, 2.75) is 20.4 Å². The maximum Gasteiger partial charge on any atom is 0.319 e. The van der Waals surface area contributed by atoms with Gasteiger partial charge in [0.2, 0.25) is 0 Å². The van der Waals surface area contributed by atoms with Gasteiger partial charge in [0, 0.05) is 12.7 Å². The minimum atomic E-state index is -0.181. The second-order valence-corrected chi connectivity index (χ2v) is 3.53. The second kappa shape index (κ2) is 5.86. The van der Waals surface area contributed by atoms with Crippen LogP contribution in [-0.2, 0) is 6.54 Å². The fourth-order valence-electron chi connectivity index (χ4n) is 1.04. The quantitative estimate of drug-likeness (QED) is 0.780. The highest BCUT2D eigenvalue weighted by Gasteiger charge is 1.96. The van der Waals surface area contributed by atoms with E-state index in [0.29, 0.717) is 6.54 Å². The Kier molecular flexibility index (Phi) is 4.41. The maximum atomic E-state index is 11.3. The van der Waals surface area contributed by atoms with E-state index in [4.69, 9.17) is 0 Å². The third-order valence-corrected chi connectivity index (χ3v) is 1.79. The molecule has 80 valence electrons. The third-order valence-electron chi connectivity index (χ3n) is 1.79. The molecular formula is C12H16N2O. The van der Waals surface area contributed by atoms with Gasteiger partial charge in [0.15, 0.2) is 0 Å². The average molecular weight is 204 g/mol. The van der Waals surface area contributed by atoms with E-state index in [9.17, 15) is 4.79 Å². The normalized spacial score (nSPS) is 9.20. The predicted molar refractivity (Wildman–Crippen MR) is 61.2 cm³/mol. The summed E-state index contributed by atoms with van der Waals surface area (Å²) in [7, 11) is 0. The Morgan fingerprint density at radius 2 is 1.93 bits per heavy atom. The van der Waals surface area contributed by atoms with Crippen molar-refractivity contribution in [3.63, 3.8) is 0 Å². The molecule has 0 atom stereocenters. The van der Waals surface area contributed by atoms with Gasteiger partial charge >= 0.3 is 6.03 Å². The molecule has 2 amide bonds. The molecule has 1 rings (SSSR count). The van der Waals surface area contributed by atoms with Crippen molar-refractivity contribution in [1.29, 1.82) is 0 Å². The third kappa shape index (κ3) is 4.86. The summed E-state index contributed by atoms with van der Waals surface area (Å²) in [5.41, 5.74) is 2.15. The van der Waals surface area contributed by atoms with Crippen LogP contribution < -0.4 is 10.6 Å². The van der Waals surface area contributed by atoms with Crippen LogP contribution in [0.2, 0.25) is 0 Å². The molecule has 0 saturated carbocycles. The minimum absolute atomic E-state index is 0.181. The van der Waals surface area contributed by atoms with Crippen LogP contribution in [0.1, 0.15) is 19.4 Å². The fraction of sp³-hybridized carbons (Fsp3) is 0.250. The van der Waals surface area contributed by atoms with Crippen LogP contribution in [0.3, 0.4) is 0 Å². The van der Waals surface area contributed by atoms with E-state index in [2.05, 4.69) is 10.6 Å². The zero-order chi connectivity index (χ0) is 11.1. The first kappa shape index (κ1) is 11.3. The van der Waals surface area contributed by atoms with Gasteiger partial charge in [-0.3, -0.25) is 0 Å². The molecule has 0 spiro atoms. The van der Waals surface area contributed by atoms with Gasteiger partial charge < -0.3 is 10.6 Å². The summed E-state index contributed by atoms with van der Waals surface area (Å²) in [5, 5.41) is 5.40. The molecule has 3 nitrogen and oxygen atoms in total. The van der Waals surface area contributed by atoms with Crippen molar-refractivity contribution >= 4 is 6.03 Å². The van der Waals surface area contributed by atoms with Crippen LogP contribution in [0.5, 0.6) is 0 Å². The van der Waals surface area contributed by atoms with E-state index in [0.717, 1.165) is 11.1 Å². The van der Waals surface area contributed by atoms with Gasteiger partial charge in [-0.05, 0) is 19.4 Å². The lowest BCUT2D eigenvalue weighted by atomic mass is 10.2. The topological polar surface area (TPSA) is 41.1 Å². The summed E-state index contributed by atoms with van der Waals surface area (Å²) in [5.74, 6) is 0. The van der Waals surface area contributed by atoms with Crippen molar-refractivity contribution in [1.82, 2.24) is 10.6 Å². The number of hydrogen-bond donors (Lipinski definition) is 2. The lowest BCUT2D eigenvalue weighted by Crippen LogP contribution is -2.31. The molecule has 0 saturated heterocycles. The molecule has 0 aliphatic carbocycles. The maximum absolute atomic E-state index is 11.3. The van der Waals surface area contributed by atoms with E-state index in [-0.39, 0.29) is 6.03 Å². The highest BCUT2D eigenvalue weighted by atomic mass is 16.2. The molecule has 15 heavy (non-hydrogen) atoms. The SMILES string of the molecule is CC(C)=CNC(=O)NCc1ccccc1. The second-order valence-electron chi connectivity index (χ2n) is 3.53. The van der Waals surface area contributed by atoms with Gasteiger partial charge in [-0.25, -0.2) is 4.79 Å². The zero-order valence-electron chi connectivity index (χ0n) is 9.08. The summed E-state index contributed by atoms with van der Waals surface area (Å²) in [6.07, 6.45) is 1.68. The van der Waals surface area contributed by atoms with Crippen LogP contribution in [-0.4, -0.2) is 6.03 Å². The van der Waals surface area contributed by atoms with Crippen LogP contribution in [0.25, 0.3) is 0 Å². The molecule has 1 aromatic rings. The number of hydrogen-bond acceptors (Lipinski definition) is 1. The summed E-state index contributed by atoms with van der Waals surface area (Å²) < 4.78 is 0. The molecule has 0 aliphatic heterocycles. The average Bonchev–Trinajstić information content (AvgIpc) is 2.25. The number of amides is 2. The molecule has 3 heteroatoms. The molecule has 0 bridgehead atoms. The highest BCUT2D eigenvalue weighted by molar-refractivity contribution is 5.74. The standard InChI is InChI=1S/C12H16N2O/c1-10(2)8-13-12(15)14-9-11-6-4-3-5-7-11/h3-8H,9H2,1-2H3,(H2,13,14,15). The van der Waals surface area contributed by atoms with Crippen LogP contribution >= 0.6 is 0 Å².